The lowest BCUT2D eigenvalue weighted by molar-refractivity contribution is -0.130. The van der Waals surface area contributed by atoms with Gasteiger partial charge in [0.05, 0.1) is 17.5 Å². The molecule has 2 N–H and O–H groups in total. The second-order valence-electron chi connectivity index (χ2n) is 6.94. The van der Waals surface area contributed by atoms with E-state index in [1.807, 2.05) is 6.92 Å². The van der Waals surface area contributed by atoms with Gasteiger partial charge in [-0.2, -0.15) is 0 Å². The molecular formula is C19H27N3O6S. The minimum atomic E-state index is -3.39. The van der Waals surface area contributed by atoms with Crippen LogP contribution >= 0.6 is 0 Å². The smallest absolute Gasteiger partial charge is 0.338 e. The van der Waals surface area contributed by atoms with Gasteiger partial charge in [-0.1, -0.05) is 6.92 Å². The lowest BCUT2D eigenvalue weighted by Gasteiger charge is -2.29. The zero-order valence-corrected chi connectivity index (χ0v) is 17.7. The molecule has 0 aliphatic carbocycles. The van der Waals surface area contributed by atoms with Crippen molar-refractivity contribution in [3.8, 4) is 0 Å². The first-order valence-electron chi connectivity index (χ1n) is 9.48. The van der Waals surface area contributed by atoms with Crippen LogP contribution in [0.3, 0.4) is 0 Å². The molecule has 29 heavy (non-hydrogen) atoms. The summed E-state index contributed by atoms with van der Waals surface area (Å²) in [6, 6.07) is 3.90. The number of nitrogens with one attached hydrogen (secondary N) is 2. The molecule has 1 aliphatic rings. The average molecular weight is 426 g/mol. The molecule has 160 valence electrons. The van der Waals surface area contributed by atoms with Gasteiger partial charge in [0.1, 0.15) is 6.04 Å². The number of carbonyl (C=O) groups excluding carboxylic acids is 3. The highest BCUT2D eigenvalue weighted by Gasteiger charge is 2.25. The lowest BCUT2D eigenvalue weighted by atomic mass is 10.0. The molecule has 2 rings (SSSR count). The number of hydrogen-bond acceptors (Lipinski definition) is 6. The van der Waals surface area contributed by atoms with Crippen molar-refractivity contribution in [1.82, 2.24) is 10.6 Å². The number of amides is 2. The standard InChI is InChI=1S/C19H27N3O6S/c1-4-9-20-18(24)13(2)21-17(23)12-28-19(25)15-7-8-16-14(11-15)6-5-10-22(16)29(3,26)27/h7-8,11,13H,4-6,9-10,12H2,1-3H3,(H,20,24)(H,21,23)/t13-/m0/s1. The third kappa shape index (κ3) is 6.18. The van der Waals surface area contributed by atoms with E-state index in [4.69, 9.17) is 4.74 Å². The van der Waals surface area contributed by atoms with Crippen LogP contribution in [-0.4, -0.2) is 58.2 Å². The summed E-state index contributed by atoms with van der Waals surface area (Å²) in [6.45, 7) is 3.86. The van der Waals surface area contributed by atoms with Crippen molar-refractivity contribution in [2.45, 2.75) is 39.2 Å². The van der Waals surface area contributed by atoms with E-state index in [-0.39, 0.29) is 11.5 Å². The number of esters is 1. The largest absolute Gasteiger partial charge is 0.452 e. The summed E-state index contributed by atoms with van der Waals surface area (Å²) in [5.74, 6) is -1.59. The maximum absolute atomic E-state index is 12.3. The lowest BCUT2D eigenvalue weighted by Crippen LogP contribution is -2.46. The van der Waals surface area contributed by atoms with Crippen LogP contribution in [0, 0.1) is 0 Å². The summed E-state index contributed by atoms with van der Waals surface area (Å²) >= 11 is 0. The first-order valence-corrected chi connectivity index (χ1v) is 11.3. The molecule has 9 nitrogen and oxygen atoms in total. The minimum Gasteiger partial charge on any atom is -0.452 e. The number of carbonyl (C=O) groups is 3. The predicted molar refractivity (Wildman–Crippen MR) is 108 cm³/mol. The average Bonchev–Trinajstić information content (AvgIpc) is 2.68. The summed E-state index contributed by atoms with van der Waals surface area (Å²) in [6.07, 6.45) is 3.23. The first kappa shape index (κ1) is 22.7. The Morgan fingerprint density at radius 1 is 1.28 bits per heavy atom. The van der Waals surface area contributed by atoms with E-state index in [2.05, 4.69) is 10.6 Å². The molecule has 2 amide bonds. The third-order valence-electron chi connectivity index (χ3n) is 4.45. The molecular weight excluding hydrogens is 398 g/mol. The van der Waals surface area contributed by atoms with Gasteiger partial charge in [0.25, 0.3) is 5.91 Å². The van der Waals surface area contributed by atoms with Crippen LogP contribution in [0.4, 0.5) is 5.69 Å². The number of nitrogens with zero attached hydrogens (tertiary/aromatic N) is 1. The zero-order chi connectivity index (χ0) is 21.6. The Bertz CT molecular complexity index is 884. The van der Waals surface area contributed by atoms with Crippen LogP contribution in [0.2, 0.25) is 0 Å². The molecule has 1 heterocycles. The fourth-order valence-corrected chi connectivity index (χ4v) is 3.99. The van der Waals surface area contributed by atoms with Gasteiger partial charge in [-0.15, -0.1) is 0 Å². The van der Waals surface area contributed by atoms with Crippen molar-refractivity contribution < 1.29 is 27.5 Å². The number of aryl methyl sites for hydroxylation is 1. The SMILES string of the molecule is CCCNC(=O)[C@H](C)NC(=O)COC(=O)c1ccc2c(c1)CCCN2S(C)(=O)=O. The molecule has 10 heteroatoms. The number of fused-ring (bicyclic) bond motifs is 1. The number of ether oxygens (including phenoxy) is 1. The van der Waals surface area contributed by atoms with Gasteiger partial charge in [0.2, 0.25) is 15.9 Å². The van der Waals surface area contributed by atoms with E-state index < -0.39 is 34.5 Å². The van der Waals surface area contributed by atoms with E-state index in [0.717, 1.165) is 18.2 Å². The van der Waals surface area contributed by atoms with E-state index in [1.54, 1.807) is 19.1 Å². The topological polar surface area (TPSA) is 122 Å². The van der Waals surface area contributed by atoms with E-state index in [1.165, 1.54) is 10.4 Å². The van der Waals surface area contributed by atoms with Gasteiger partial charge in [-0.05, 0) is 49.9 Å². The summed E-state index contributed by atoms with van der Waals surface area (Å²) in [5, 5.41) is 5.13. The van der Waals surface area contributed by atoms with Crippen molar-refractivity contribution in [3.63, 3.8) is 0 Å². The van der Waals surface area contributed by atoms with Crippen LogP contribution in [0.5, 0.6) is 0 Å². The highest BCUT2D eigenvalue weighted by molar-refractivity contribution is 7.92. The predicted octanol–water partition coefficient (Wildman–Crippen LogP) is 0.587. The maximum atomic E-state index is 12.3. The second kappa shape index (κ2) is 9.73. The van der Waals surface area contributed by atoms with Crippen LogP contribution in [-0.2, 0) is 30.8 Å². The fourth-order valence-electron chi connectivity index (χ4n) is 3.00. The molecule has 1 aromatic carbocycles. The molecule has 0 unspecified atom stereocenters. The van der Waals surface area contributed by atoms with Crippen LogP contribution in [0.25, 0.3) is 0 Å². The summed E-state index contributed by atoms with van der Waals surface area (Å²) in [5.41, 5.74) is 1.53. The summed E-state index contributed by atoms with van der Waals surface area (Å²) < 4.78 is 30.1. The van der Waals surface area contributed by atoms with Crippen molar-refractivity contribution in [3.05, 3.63) is 29.3 Å². The number of rotatable bonds is 8. The van der Waals surface area contributed by atoms with Gasteiger partial charge >= 0.3 is 5.97 Å². The normalized spacial score (nSPS) is 14.5. The Balaban J connectivity index is 1.95. The number of hydrogen-bond donors (Lipinski definition) is 2. The van der Waals surface area contributed by atoms with Crippen molar-refractivity contribution >= 4 is 33.5 Å². The molecule has 0 radical (unpaired) electrons. The van der Waals surface area contributed by atoms with E-state index in [9.17, 15) is 22.8 Å². The third-order valence-corrected chi connectivity index (χ3v) is 5.63. The molecule has 0 fully saturated rings. The van der Waals surface area contributed by atoms with E-state index >= 15 is 0 Å². The molecule has 0 bridgehead atoms. The molecule has 0 aromatic heterocycles. The van der Waals surface area contributed by atoms with Gasteiger partial charge in [0.15, 0.2) is 6.61 Å². The summed E-state index contributed by atoms with van der Waals surface area (Å²) in [7, 11) is -3.39. The number of anilines is 1. The van der Waals surface area contributed by atoms with Gasteiger partial charge in [-0.25, -0.2) is 13.2 Å². The zero-order valence-electron chi connectivity index (χ0n) is 16.9. The van der Waals surface area contributed by atoms with E-state index in [0.29, 0.717) is 31.6 Å². The Hall–Kier alpha value is -2.62. The Kier molecular flexibility index (Phi) is 7.60. The molecule has 1 aromatic rings. The molecule has 0 spiro atoms. The highest BCUT2D eigenvalue weighted by Crippen LogP contribution is 2.30. The monoisotopic (exact) mass is 425 g/mol. The molecule has 0 saturated heterocycles. The minimum absolute atomic E-state index is 0.237. The van der Waals surface area contributed by atoms with Crippen LogP contribution in [0.15, 0.2) is 18.2 Å². The second-order valence-corrected chi connectivity index (χ2v) is 8.85. The quantitative estimate of drug-likeness (QED) is 0.588. The van der Waals surface area contributed by atoms with Crippen LogP contribution < -0.4 is 14.9 Å². The van der Waals surface area contributed by atoms with Crippen molar-refractivity contribution in [2.75, 3.05) is 30.3 Å². The van der Waals surface area contributed by atoms with Gasteiger partial charge in [0, 0.05) is 13.1 Å². The highest BCUT2D eigenvalue weighted by atomic mass is 32.2. The summed E-state index contributed by atoms with van der Waals surface area (Å²) in [4.78, 5) is 35.9. The van der Waals surface area contributed by atoms with Crippen LogP contribution in [0.1, 0.15) is 42.6 Å². The molecule has 1 aliphatic heterocycles. The number of sulfonamides is 1. The Labute approximate surface area is 170 Å². The Morgan fingerprint density at radius 3 is 2.66 bits per heavy atom. The van der Waals surface area contributed by atoms with Gasteiger partial charge < -0.3 is 15.4 Å². The first-order chi connectivity index (χ1) is 13.6. The van der Waals surface area contributed by atoms with Gasteiger partial charge in [-0.3, -0.25) is 13.9 Å². The molecule has 1 atom stereocenters. The molecule has 0 saturated carbocycles. The van der Waals surface area contributed by atoms with Crippen molar-refractivity contribution in [1.29, 1.82) is 0 Å². The maximum Gasteiger partial charge on any atom is 0.338 e. The van der Waals surface area contributed by atoms with Crippen molar-refractivity contribution in [2.24, 2.45) is 0 Å². The number of benzene rings is 1. The Morgan fingerprint density at radius 2 is 2.00 bits per heavy atom. The fraction of sp³-hybridized carbons (Fsp3) is 0.526.